The number of aryl methyl sites for hydroxylation is 3. The highest BCUT2D eigenvalue weighted by Gasteiger charge is 2.16. The van der Waals surface area contributed by atoms with Crippen LogP contribution >= 0.6 is 0 Å². The van der Waals surface area contributed by atoms with Gasteiger partial charge in [-0.2, -0.15) is 10.2 Å². The third kappa shape index (κ3) is 2.33. The largest absolute Gasteiger partial charge is 0.329 e. The Morgan fingerprint density at radius 1 is 1.08 bits per heavy atom. The smallest absolute Gasteiger partial charge is 0.105 e. The van der Waals surface area contributed by atoms with Crippen molar-refractivity contribution in [2.45, 2.75) is 26.3 Å². The maximum Gasteiger partial charge on any atom is 0.105 e. The molecule has 4 heteroatoms. The molecule has 0 N–H and O–H groups in total. The topological polar surface area (TPSA) is 43.6 Å². The van der Waals surface area contributed by atoms with Gasteiger partial charge < -0.3 is 4.57 Å². The molecule has 0 saturated carbocycles. The fraction of sp³-hybridized carbons (Fsp3) is 0.190. The number of aromatic nitrogens is 4. The van der Waals surface area contributed by atoms with Crippen LogP contribution in [0.15, 0.2) is 55.0 Å². The summed E-state index contributed by atoms with van der Waals surface area (Å²) in [5, 5.41) is 11.3. The molecule has 0 spiro atoms. The van der Waals surface area contributed by atoms with Gasteiger partial charge >= 0.3 is 0 Å². The number of benzene rings is 2. The third-order valence-electron chi connectivity index (χ3n) is 5.15. The summed E-state index contributed by atoms with van der Waals surface area (Å²) >= 11 is 0. The van der Waals surface area contributed by atoms with Crippen molar-refractivity contribution in [1.29, 1.82) is 0 Å². The Bertz CT molecular complexity index is 1080. The van der Waals surface area contributed by atoms with Crippen molar-refractivity contribution in [2.24, 2.45) is 0 Å². The second kappa shape index (κ2) is 5.52. The lowest BCUT2D eigenvalue weighted by atomic mass is 9.96. The van der Waals surface area contributed by atoms with Gasteiger partial charge in [-0.05, 0) is 53.3 Å². The molecule has 0 unspecified atom stereocenters. The van der Waals surface area contributed by atoms with Crippen LogP contribution in [0.3, 0.4) is 0 Å². The molecule has 5 rings (SSSR count). The molecule has 0 atom stereocenters. The van der Waals surface area contributed by atoms with Crippen molar-refractivity contribution < 1.29 is 0 Å². The van der Waals surface area contributed by atoms with Gasteiger partial charge in [-0.3, -0.25) is 0 Å². The molecule has 2 aromatic carbocycles. The first-order chi connectivity index (χ1) is 12.3. The van der Waals surface area contributed by atoms with Crippen LogP contribution in [0.4, 0.5) is 0 Å². The summed E-state index contributed by atoms with van der Waals surface area (Å²) in [7, 11) is 0. The zero-order valence-corrected chi connectivity index (χ0v) is 14.1. The van der Waals surface area contributed by atoms with E-state index in [2.05, 4.69) is 56.1 Å². The SMILES string of the molecule is Cc1nccn1Cc1cc(-c2ccc3c4c(cccc24)CC3)cnn1. The van der Waals surface area contributed by atoms with Crippen LogP contribution in [-0.2, 0) is 19.4 Å². The van der Waals surface area contributed by atoms with E-state index in [-0.39, 0.29) is 0 Å². The Hall–Kier alpha value is -3.01. The van der Waals surface area contributed by atoms with E-state index < -0.39 is 0 Å². The summed E-state index contributed by atoms with van der Waals surface area (Å²) in [4.78, 5) is 4.28. The predicted molar refractivity (Wildman–Crippen MR) is 98.4 cm³/mol. The van der Waals surface area contributed by atoms with Crippen molar-refractivity contribution in [1.82, 2.24) is 19.7 Å². The second-order valence-electron chi connectivity index (χ2n) is 6.65. The van der Waals surface area contributed by atoms with Crippen LogP contribution in [-0.4, -0.2) is 19.7 Å². The molecule has 4 aromatic rings. The first kappa shape index (κ1) is 14.3. The Labute approximate surface area is 146 Å². The molecule has 1 aliphatic carbocycles. The summed E-state index contributed by atoms with van der Waals surface area (Å²) in [6.07, 6.45) is 7.95. The van der Waals surface area contributed by atoms with Crippen LogP contribution in [0.5, 0.6) is 0 Å². The molecule has 0 amide bonds. The molecule has 25 heavy (non-hydrogen) atoms. The first-order valence-electron chi connectivity index (χ1n) is 8.63. The van der Waals surface area contributed by atoms with Crippen LogP contribution < -0.4 is 0 Å². The highest BCUT2D eigenvalue weighted by Crippen LogP contribution is 2.36. The predicted octanol–water partition coefficient (Wildman–Crippen LogP) is 3.95. The number of nitrogens with zero attached hydrogens (tertiary/aromatic N) is 4. The van der Waals surface area contributed by atoms with Crippen molar-refractivity contribution >= 4 is 10.8 Å². The van der Waals surface area contributed by atoms with Gasteiger partial charge in [-0.15, -0.1) is 0 Å². The number of imidazole rings is 1. The van der Waals surface area contributed by atoms with Crippen molar-refractivity contribution in [3.8, 4) is 11.1 Å². The van der Waals surface area contributed by atoms with Gasteiger partial charge in [0.05, 0.1) is 18.4 Å². The van der Waals surface area contributed by atoms with Gasteiger partial charge in [-0.25, -0.2) is 4.98 Å². The van der Waals surface area contributed by atoms with Crippen LogP contribution in [0.2, 0.25) is 0 Å². The highest BCUT2D eigenvalue weighted by molar-refractivity contribution is 6.01. The number of hydrogen-bond donors (Lipinski definition) is 0. The zero-order valence-electron chi connectivity index (χ0n) is 14.1. The second-order valence-corrected chi connectivity index (χ2v) is 6.65. The van der Waals surface area contributed by atoms with Crippen molar-refractivity contribution in [3.05, 3.63) is 77.6 Å². The average Bonchev–Trinajstić information content (AvgIpc) is 3.24. The van der Waals surface area contributed by atoms with E-state index in [1.165, 1.54) is 27.5 Å². The Morgan fingerprint density at radius 3 is 2.80 bits per heavy atom. The molecule has 122 valence electrons. The van der Waals surface area contributed by atoms with Gasteiger partial charge in [-0.1, -0.05) is 30.3 Å². The van der Waals surface area contributed by atoms with Gasteiger partial charge in [0.2, 0.25) is 0 Å². The lowest BCUT2D eigenvalue weighted by Crippen LogP contribution is -2.04. The van der Waals surface area contributed by atoms with E-state index in [4.69, 9.17) is 0 Å². The summed E-state index contributed by atoms with van der Waals surface area (Å²) < 4.78 is 2.08. The Morgan fingerprint density at radius 2 is 1.96 bits per heavy atom. The lowest BCUT2D eigenvalue weighted by Gasteiger charge is -2.10. The minimum absolute atomic E-state index is 0.688. The fourth-order valence-corrected chi connectivity index (χ4v) is 3.88. The van der Waals surface area contributed by atoms with Gasteiger partial charge in [0.1, 0.15) is 5.82 Å². The molecule has 2 heterocycles. The summed E-state index contributed by atoms with van der Waals surface area (Å²) in [6, 6.07) is 13.3. The quantitative estimate of drug-likeness (QED) is 0.572. The monoisotopic (exact) mass is 326 g/mol. The molecule has 0 aliphatic heterocycles. The summed E-state index contributed by atoms with van der Waals surface area (Å²) in [5.41, 5.74) is 6.23. The van der Waals surface area contributed by atoms with Gasteiger partial charge in [0.25, 0.3) is 0 Å². The standard InChI is InChI=1S/C21H18N4/c1-14-22-9-10-25(14)13-18-11-17(12-23-24-18)19-8-7-16-6-5-15-3-2-4-20(19)21(15)16/h2-4,7-12H,5-6,13H2,1H3. The molecule has 0 fully saturated rings. The van der Waals surface area contributed by atoms with Crippen LogP contribution in [0.25, 0.3) is 21.9 Å². The number of rotatable bonds is 3. The van der Waals surface area contributed by atoms with Crippen LogP contribution in [0, 0.1) is 6.92 Å². The van der Waals surface area contributed by atoms with Gasteiger partial charge in [0, 0.05) is 18.0 Å². The zero-order chi connectivity index (χ0) is 16.8. The lowest BCUT2D eigenvalue weighted by molar-refractivity contribution is 0.727. The Balaban J connectivity index is 1.62. The minimum Gasteiger partial charge on any atom is -0.329 e. The summed E-state index contributed by atoms with van der Waals surface area (Å²) in [5.74, 6) is 0.984. The molecule has 1 aliphatic rings. The molecule has 4 nitrogen and oxygen atoms in total. The normalized spacial score (nSPS) is 12.8. The maximum absolute atomic E-state index is 4.31. The molecular weight excluding hydrogens is 308 g/mol. The third-order valence-corrected chi connectivity index (χ3v) is 5.15. The maximum atomic E-state index is 4.31. The van der Waals surface area contributed by atoms with E-state index in [1.54, 1.807) is 0 Å². The fourth-order valence-electron chi connectivity index (χ4n) is 3.88. The van der Waals surface area contributed by atoms with E-state index in [0.717, 1.165) is 29.9 Å². The van der Waals surface area contributed by atoms with E-state index in [0.29, 0.717) is 6.54 Å². The van der Waals surface area contributed by atoms with Gasteiger partial charge in [0.15, 0.2) is 0 Å². The number of hydrogen-bond acceptors (Lipinski definition) is 3. The average molecular weight is 326 g/mol. The molecule has 0 saturated heterocycles. The van der Waals surface area contributed by atoms with Crippen LogP contribution in [0.1, 0.15) is 22.6 Å². The molecular formula is C21H18N4. The summed E-state index contributed by atoms with van der Waals surface area (Å²) in [6.45, 7) is 2.69. The van der Waals surface area contributed by atoms with Crippen molar-refractivity contribution in [3.63, 3.8) is 0 Å². The first-order valence-corrected chi connectivity index (χ1v) is 8.63. The minimum atomic E-state index is 0.688. The highest BCUT2D eigenvalue weighted by atomic mass is 15.1. The molecule has 0 radical (unpaired) electrons. The van der Waals surface area contributed by atoms with Crippen molar-refractivity contribution in [2.75, 3.05) is 0 Å². The molecule has 2 aromatic heterocycles. The Kier molecular flexibility index (Phi) is 3.17. The van der Waals surface area contributed by atoms with E-state index in [9.17, 15) is 0 Å². The molecule has 0 bridgehead atoms. The van der Waals surface area contributed by atoms with E-state index >= 15 is 0 Å². The van der Waals surface area contributed by atoms with E-state index in [1.807, 2.05) is 25.5 Å².